The molecular weight excluding hydrogens is 244 g/mol. The molecule has 1 amide bonds. The number of hydrogen-bond acceptors (Lipinski definition) is 3. The van der Waals surface area contributed by atoms with Gasteiger partial charge in [0.25, 0.3) is 0 Å². The third kappa shape index (κ3) is 5.10. The predicted octanol–water partition coefficient (Wildman–Crippen LogP) is 2.09. The lowest BCUT2D eigenvalue weighted by atomic mass is 10.2. The molecule has 0 radical (unpaired) electrons. The zero-order valence-corrected chi connectivity index (χ0v) is 12.2. The maximum Gasteiger partial charge on any atom is 0.226 e. The number of amides is 1. The van der Waals surface area contributed by atoms with Gasteiger partial charge >= 0.3 is 0 Å². The van der Waals surface area contributed by atoms with E-state index in [2.05, 4.69) is 17.4 Å². The first-order chi connectivity index (χ1) is 8.65. The molecule has 3 nitrogen and oxygen atoms in total. The number of benzene rings is 1. The van der Waals surface area contributed by atoms with Gasteiger partial charge in [0, 0.05) is 36.7 Å². The van der Waals surface area contributed by atoms with Crippen LogP contribution in [0.4, 0.5) is 0 Å². The molecule has 0 saturated carbocycles. The molecule has 1 unspecified atom stereocenters. The summed E-state index contributed by atoms with van der Waals surface area (Å²) >= 11 is 1.73. The Morgan fingerprint density at radius 2 is 2.06 bits per heavy atom. The molecule has 4 heteroatoms. The molecule has 18 heavy (non-hydrogen) atoms. The maximum atomic E-state index is 12.1. The minimum absolute atomic E-state index is 0.0528. The molecule has 0 aromatic heterocycles. The Kier molecular flexibility index (Phi) is 6.83. The molecule has 0 fully saturated rings. The molecule has 0 heterocycles. The van der Waals surface area contributed by atoms with Crippen LogP contribution in [0.25, 0.3) is 0 Å². The first-order valence-corrected chi connectivity index (χ1v) is 7.21. The number of rotatable bonds is 7. The molecule has 0 aliphatic heterocycles. The van der Waals surface area contributed by atoms with E-state index in [9.17, 15) is 4.79 Å². The quantitative estimate of drug-likeness (QED) is 0.767. The highest BCUT2D eigenvalue weighted by molar-refractivity contribution is 7.99. The lowest BCUT2D eigenvalue weighted by Gasteiger charge is -2.21. The zero-order chi connectivity index (χ0) is 13.4. The number of carbonyl (C=O) groups is 1. The summed E-state index contributed by atoms with van der Waals surface area (Å²) in [6.45, 7) is 3.59. The van der Waals surface area contributed by atoms with Gasteiger partial charge in [-0.05, 0) is 19.2 Å². The number of likely N-dealkylation sites (N-methyl/N-ethyl adjacent to an activating group) is 2. The van der Waals surface area contributed by atoms with Crippen molar-refractivity contribution < 1.29 is 4.79 Å². The highest BCUT2D eigenvalue weighted by atomic mass is 32.2. The summed E-state index contributed by atoms with van der Waals surface area (Å²) in [5, 5.41) is 3.05. The van der Waals surface area contributed by atoms with E-state index >= 15 is 0 Å². The van der Waals surface area contributed by atoms with Crippen LogP contribution < -0.4 is 5.32 Å². The van der Waals surface area contributed by atoms with Crippen LogP contribution in [-0.2, 0) is 4.79 Å². The van der Waals surface area contributed by atoms with Gasteiger partial charge in [-0.15, -0.1) is 11.8 Å². The van der Waals surface area contributed by atoms with Gasteiger partial charge < -0.3 is 10.2 Å². The fourth-order valence-corrected chi connectivity index (χ4v) is 2.51. The number of hydrogen-bond donors (Lipinski definition) is 1. The van der Waals surface area contributed by atoms with Crippen LogP contribution in [-0.4, -0.2) is 43.7 Å². The molecule has 1 N–H and O–H groups in total. The average molecular weight is 266 g/mol. The standard InChI is InChI=1S/C14H22N2OS/c1-12(14(17)16(3)10-9-15-2)11-18-13-7-5-4-6-8-13/h4-8,12,15H,9-11H2,1-3H3. The van der Waals surface area contributed by atoms with Crippen molar-refractivity contribution in [1.29, 1.82) is 0 Å². The van der Waals surface area contributed by atoms with E-state index in [4.69, 9.17) is 0 Å². The highest BCUT2D eigenvalue weighted by Gasteiger charge is 2.17. The molecular formula is C14H22N2OS. The van der Waals surface area contributed by atoms with Gasteiger partial charge in [0.15, 0.2) is 0 Å². The molecule has 0 aliphatic rings. The lowest BCUT2D eigenvalue weighted by molar-refractivity contribution is -0.132. The van der Waals surface area contributed by atoms with Crippen molar-refractivity contribution in [1.82, 2.24) is 10.2 Å². The number of nitrogens with one attached hydrogen (secondary N) is 1. The third-order valence-corrected chi connectivity index (χ3v) is 4.01. The first-order valence-electron chi connectivity index (χ1n) is 6.22. The van der Waals surface area contributed by atoms with E-state index in [-0.39, 0.29) is 11.8 Å². The molecule has 1 aromatic carbocycles. The van der Waals surface area contributed by atoms with Gasteiger partial charge in [0.05, 0.1) is 0 Å². The van der Waals surface area contributed by atoms with Crippen molar-refractivity contribution in [3.05, 3.63) is 30.3 Å². The molecule has 0 bridgehead atoms. The minimum atomic E-state index is 0.0528. The topological polar surface area (TPSA) is 32.3 Å². The van der Waals surface area contributed by atoms with Crippen molar-refractivity contribution in [2.24, 2.45) is 5.92 Å². The molecule has 1 rings (SSSR count). The van der Waals surface area contributed by atoms with Crippen molar-refractivity contribution >= 4 is 17.7 Å². The van der Waals surface area contributed by atoms with Crippen molar-refractivity contribution in [2.45, 2.75) is 11.8 Å². The number of carbonyl (C=O) groups excluding carboxylic acids is 1. The highest BCUT2D eigenvalue weighted by Crippen LogP contribution is 2.20. The Labute approximate surface area is 114 Å². The van der Waals surface area contributed by atoms with Crippen molar-refractivity contribution in [3.8, 4) is 0 Å². The minimum Gasteiger partial charge on any atom is -0.344 e. The van der Waals surface area contributed by atoms with Crippen LogP contribution in [0.2, 0.25) is 0 Å². The van der Waals surface area contributed by atoms with Gasteiger partial charge in [0.2, 0.25) is 5.91 Å². The normalized spacial score (nSPS) is 12.2. The van der Waals surface area contributed by atoms with Crippen LogP contribution in [0.1, 0.15) is 6.92 Å². The van der Waals surface area contributed by atoms with Crippen LogP contribution >= 0.6 is 11.8 Å². The van der Waals surface area contributed by atoms with Gasteiger partial charge in [-0.2, -0.15) is 0 Å². The van der Waals surface area contributed by atoms with Crippen LogP contribution in [0.5, 0.6) is 0 Å². The van der Waals surface area contributed by atoms with E-state index in [0.29, 0.717) is 0 Å². The second-order valence-electron chi connectivity index (χ2n) is 4.39. The summed E-state index contributed by atoms with van der Waals surface area (Å²) in [5.41, 5.74) is 0. The van der Waals surface area contributed by atoms with Crippen molar-refractivity contribution in [2.75, 3.05) is 32.9 Å². The summed E-state index contributed by atoms with van der Waals surface area (Å²) in [6, 6.07) is 10.2. The second-order valence-corrected chi connectivity index (χ2v) is 5.48. The van der Waals surface area contributed by atoms with Gasteiger partial charge in [0.1, 0.15) is 0 Å². The van der Waals surface area contributed by atoms with E-state index in [1.807, 2.05) is 39.2 Å². The van der Waals surface area contributed by atoms with E-state index < -0.39 is 0 Å². The van der Waals surface area contributed by atoms with Crippen molar-refractivity contribution in [3.63, 3.8) is 0 Å². The fraction of sp³-hybridized carbons (Fsp3) is 0.500. The Morgan fingerprint density at radius 3 is 2.67 bits per heavy atom. The molecule has 0 saturated heterocycles. The zero-order valence-electron chi connectivity index (χ0n) is 11.3. The van der Waals surface area contributed by atoms with Crippen LogP contribution in [0.15, 0.2) is 35.2 Å². The molecule has 1 atom stereocenters. The first kappa shape index (κ1) is 15.1. The smallest absolute Gasteiger partial charge is 0.226 e. The predicted molar refractivity (Wildman–Crippen MR) is 77.9 cm³/mol. The Hall–Kier alpha value is -1.00. The maximum absolute atomic E-state index is 12.1. The van der Waals surface area contributed by atoms with E-state index in [0.717, 1.165) is 18.8 Å². The Bertz CT molecular complexity index is 356. The monoisotopic (exact) mass is 266 g/mol. The van der Waals surface area contributed by atoms with Crippen LogP contribution in [0, 0.1) is 5.92 Å². The molecule has 0 spiro atoms. The van der Waals surface area contributed by atoms with E-state index in [1.165, 1.54) is 4.90 Å². The summed E-state index contributed by atoms with van der Waals surface area (Å²) in [7, 11) is 3.76. The molecule has 0 aliphatic carbocycles. The number of thioether (sulfide) groups is 1. The SMILES string of the molecule is CNCCN(C)C(=O)C(C)CSc1ccccc1. The summed E-state index contributed by atoms with van der Waals surface area (Å²) < 4.78 is 0. The number of nitrogens with zero attached hydrogens (tertiary/aromatic N) is 1. The Morgan fingerprint density at radius 1 is 1.39 bits per heavy atom. The second kappa shape index (κ2) is 8.16. The van der Waals surface area contributed by atoms with Crippen LogP contribution in [0.3, 0.4) is 0 Å². The fourth-order valence-electron chi connectivity index (χ4n) is 1.58. The Balaban J connectivity index is 2.35. The average Bonchev–Trinajstić information content (AvgIpc) is 2.42. The summed E-state index contributed by atoms with van der Waals surface area (Å²) in [5.74, 6) is 1.10. The summed E-state index contributed by atoms with van der Waals surface area (Å²) in [4.78, 5) is 15.1. The summed E-state index contributed by atoms with van der Waals surface area (Å²) in [6.07, 6.45) is 0. The van der Waals surface area contributed by atoms with E-state index in [1.54, 1.807) is 16.7 Å². The molecule has 100 valence electrons. The van der Waals surface area contributed by atoms with Gasteiger partial charge in [-0.25, -0.2) is 0 Å². The van der Waals surface area contributed by atoms with Gasteiger partial charge in [-0.1, -0.05) is 25.1 Å². The third-order valence-electron chi connectivity index (χ3n) is 2.74. The lowest BCUT2D eigenvalue weighted by Crippen LogP contribution is -2.36. The largest absolute Gasteiger partial charge is 0.344 e. The molecule has 1 aromatic rings. The van der Waals surface area contributed by atoms with Gasteiger partial charge in [-0.3, -0.25) is 4.79 Å².